The maximum atomic E-state index is 10.00. The molecule has 0 unspecified atom stereocenters. The molecule has 4 atom stereocenters. The number of fused-ring (bicyclic) bond motifs is 2. The van der Waals surface area contributed by atoms with Gasteiger partial charge in [-0.3, -0.25) is 4.90 Å². The molecule has 110 valence electrons. The number of morpholine rings is 1. The van der Waals surface area contributed by atoms with E-state index in [1.807, 2.05) is 0 Å². The van der Waals surface area contributed by atoms with Crippen molar-refractivity contribution in [3.05, 3.63) is 0 Å². The highest BCUT2D eigenvalue weighted by Crippen LogP contribution is 2.48. The molecule has 0 spiro atoms. The van der Waals surface area contributed by atoms with E-state index >= 15 is 0 Å². The zero-order chi connectivity index (χ0) is 13.1. The summed E-state index contributed by atoms with van der Waals surface area (Å²) in [6.45, 7) is 5.52. The summed E-state index contributed by atoms with van der Waals surface area (Å²) >= 11 is 0. The standard InChI is InChI=1S/C15H27NO3/c17-15(9-16-3-5-18-6-4-16)11-19-10-14-8-12-1-2-13(14)7-12/h12-15,17H,1-11H2/t12-,13+,14-,15-/m1/s1. The summed E-state index contributed by atoms with van der Waals surface area (Å²) in [6.07, 6.45) is 5.31. The first-order chi connectivity index (χ1) is 9.31. The molecule has 0 aromatic carbocycles. The highest BCUT2D eigenvalue weighted by atomic mass is 16.5. The van der Waals surface area contributed by atoms with Crippen LogP contribution >= 0.6 is 0 Å². The van der Waals surface area contributed by atoms with E-state index in [-0.39, 0.29) is 6.10 Å². The molecule has 4 nitrogen and oxygen atoms in total. The minimum atomic E-state index is -0.350. The van der Waals surface area contributed by atoms with E-state index in [1.54, 1.807) is 0 Å². The van der Waals surface area contributed by atoms with E-state index in [0.717, 1.165) is 57.2 Å². The van der Waals surface area contributed by atoms with E-state index in [0.29, 0.717) is 6.61 Å². The van der Waals surface area contributed by atoms with Crippen LogP contribution in [0.3, 0.4) is 0 Å². The molecule has 0 aromatic rings. The maximum Gasteiger partial charge on any atom is 0.0900 e. The van der Waals surface area contributed by atoms with Crippen molar-refractivity contribution in [2.45, 2.75) is 31.8 Å². The first-order valence-electron chi connectivity index (χ1n) is 7.87. The first kappa shape index (κ1) is 13.8. The highest BCUT2D eigenvalue weighted by Gasteiger charge is 2.39. The largest absolute Gasteiger partial charge is 0.389 e. The Morgan fingerprint density at radius 2 is 2.05 bits per heavy atom. The molecule has 1 saturated heterocycles. The summed E-state index contributed by atoms with van der Waals surface area (Å²) in [7, 11) is 0. The average molecular weight is 269 g/mol. The van der Waals surface area contributed by atoms with Crippen LogP contribution in [0.25, 0.3) is 0 Å². The van der Waals surface area contributed by atoms with E-state index in [4.69, 9.17) is 9.47 Å². The lowest BCUT2D eigenvalue weighted by Crippen LogP contribution is -2.42. The summed E-state index contributed by atoms with van der Waals surface area (Å²) in [5.74, 6) is 2.67. The van der Waals surface area contributed by atoms with E-state index in [9.17, 15) is 5.11 Å². The molecule has 3 fully saturated rings. The van der Waals surface area contributed by atoms with Crippen molar-refractivity contribution in [3.8, 4) is 0 Å². The number of hydrogen-bond donors (Lipinski definition) is 1. The molecule has 2 bridgehead atoms. The van der Waals surface area contributed by atoms with Gasteiger partial charge in [-0.2, -0.15) is 0 Å². The summed E-state index contributed by atoms with van der Waals surface area (Å²) in [6, 6.07) is 0. The monoisotopic (exact) mass is 269 g/mol. The lowest BCUT2D eigenvalue weighted by Gasteiger charge is -2.28. The van der Waals surface area contributed by atoms with Gasteiger partial charge in [-0.15, -0.1) is 0 Å². The Morgan fingerprint density at radius 1 is 1.21 bits per heavy atom. The summed E-state index contributed by atoms with van der Waals surface area (Å²) in [5.41, 5.74) is 0. The van der Waals surface area contributed by atoms with Gasteiger partial charge < -0.3 is 14.6 Å². The van der Waals surface area contributed by atoms with Crippen LogP contribution in [-0.4, -0.2) is 62.2 Å². The fraction of sp³-hybridized carbons (Fsp3) is 1.00. The van der Waals surface area contributed by atoms with E-state index in [2.05, 4.69) is 4.90 Å². The zero-order valence-electron chi connectivity index (χ0n) is 11.8. The van der Waals surface area contributed by atoms with Gasteiger partial charge in [0.1, 0.15) is 0 Å². The van der Waals surface area contributed by atoms with Crippen LogP contribution < -0.4 is 0 Å². The van der Waals surface area contributed by atoms with Crippen molar-refractivity contribution in [1.82, 2.24) is 4.90 Å². The minimum Gasteiger partial charge on any atom is -0.389 e. The molecule has 1 N–H and O–H groups in total. The molecular formula is C15H27NO3. The predicted molar refractivity (Wildman–Crippen MR) is 73.0 cm³/mol. The minimum absolute atomic E-state index is 0.350. The summed E-state index contributed by atoms with van der Waals surface area (Å²) in [5, 5.41) is 10.00. The van der Waals surface area contributed by atoms with Gasteiger partial charge in [-0.1, -0.05) is 6.42 Å². The van der Waals surface area contributed by atoms with Crippen LogP contribution in [0.4, 0.5) is 0 Å². The Bertz CT molecular complexity index is 281. The third-order valence-electron chi connectivity index (χ3n) is 5.10. The Labute approximate surface area is 116 Å². The molecular weight excluding hydrogens is 242 g/mol. The SMILES string of the molecule is O[C@@H](COC[C@H]1C[C@@H]2CC[C@H]1C2)CN1CCOCC1. The second-order valence-corrected chi connectivity index (χ2v) is 6.54. The second-order valence-electron chi connectivity index (χ2n) is 6.54. The third kappa shape index (κ3) is 3.69. The van der Waals surface area contributed by atoms with Crippen molar-refractivity contribution >= 4 is 0 Å². The first-order valence-corrected chi connectivity index (χ1v) is 7.87. The quantitative estimate of drug-likeness (QED) is 0.785. The number of ether oxygens (including phenoxy) is 2. The predicted octanol–water partition coefficient (Wildman–Crippen LogP) is 1.13. The van der Waals surface area contributed by atoms with E-state index in [1.165, 1.54) is 25.7 Å². The second kappa shape index (κ2) is 6.53. The van der Waals surface area contributed by atoms with Gasteiger partial charge in [0.25, 0.3) is 0 Å². The topological polar surface area (TPSA) is 41.9 Å². The van der Waals surface area contributed by atoms with E-state index < -0.39 is 0 Å². The molecule has 3 aliphatic rings. The number of rotatable bonds is 6. The molecule has 19 heavy (non-hydrogen) atoms. The Balaban J connectivity index is 1.29. The van der Waals surface area contributed by atoms with Crippen LogP contribution in [0.15, 0.2) is 0 Å². The highest BCUT2D eigenvalue weighted by molar-refractivity contribution is 4.89. The molecule has 0 aromatic heterocycles. The van der Waals surface area contributed by atoms with Crippen LogP contribution in [-0.2, 0) is 9.47 Å². The van der Waals surface area contributed by atoms with Crippen LogP contribution in [0.5, 0.6) is 0 Å². The Hall–Kier alpha value is -0.160. The number of aliphatic hydroxyl groups is 1. The molecule has 2 saturated carbocycles. The van der Waals surface area contributed by atoms with Gasteiger partial charge in [-0.05, 0) is 37.0 Å². The number of nitrogens with zero attached hydrogens (tertiary/aromatic N) is 1. The summed E-state index contributed by atoms with van der Waals surface area (Å²) in [4.78, 5) is 2.26. The fourth-order valence-corrected chi connectivity index (χ4v) is 4.07. The van der Waals surface area contributed by atoms with Gasteiger partial charge in [0.05, 0.1) is 25.9 Å². The molecule has 4 heteroatoms. The molecule has 3 rings (SSSR count). The molecule has 1 heterocycles. The molecule has 0 radical (unpaired) electrons. The zero-order valence-corrected chi connectivity index (χ0v) is 11.8. The number of hydrogen-bond acceptors (Lipinski definition) is 4. The normalized spacial score (nSPS) is 36.8. The van der Waals surface area contributed by atoms with Crippen molar-refractivity contribution in [2.24, 2.45) is 17.8 Å². The third-order valence-corrected chi connectivity index (χ3v) is 5.10. The Morgan fingerprint density at radius 3 is 2.74 bits per heavy atom. The van der Waals surface area contributed by atoms with Gasteiger partial charge in [0.15, 0.2) is 0 Å². The molecule has 2 aliphatic carbocycles. The fourth-order valence-electron chi connectivity index (χ4n) is 4.07. The lowest BCUT2D eigenvalue weighted by atomic mass is 9.90. The lowest BCUT2D eigenvalue weighted by molar-refractivity contribution is -0.0232. The van der Waals surface area contributed by atoms with Gasteiger partial charge in [0, 0.05) is 26.2 Å². The van der Waals surface area contributed by atoms with Crippen LogP contribution in [0, 0.1) is 17.8 Å². The average Bonchev–Trinajstić information content (AvgIpc) is 3.02. The van der Waals surface area contributed by atoms with Gasteiger partial charge in [-0.25, -0.2) is 0 Å². The van der Waals surface area contributed by atoms with Crippen molar-refractivity contribution in [2.75, 3.05) is 46.1 Å². The van der Waals surface area contributed by atoms with Crippen molar-refractivity contribution in [1.29, 1.82) is 0 Å². The van der Waals surface area contributed by atoms with Gasteiger partial charge in [0.2, 0.25) is 0 Å². The number of β-amino-alcohol motifs (C(OH)–C–C–N with tert-alkyl or cyclic N) is 1. The van der Waals surface area contributed by atoms with Gasteiger partial charge >= 0.3 is 0 Å². The smallest absolute Gasteiger partial charge is 0.0900 e. The van der Waals surface area contributed by atoms with Crippen LogP contribution in [0.2, 0.25) is 0 Å². The maximum absolute atomic E-state index is 10.00. The summed E-state index contributed by atoms with van der Waals surface area (Å²) < 4.78 is 11.1. The van der Waals surface area contributed by atoms with Crippen LogP contribution in [0.1, 0.15) is 25.7 Å². The number of aliphatic hydroxyl groups excluding tert-OH is 1. The molecule has 1 aliphatic heterocycles. The van der Waals surface area contributed by atoms with Crippen molar-refractivity contribution < 1.29 is 14.6 Å². The molecule has 0 amide bonds. The Kier molecular flexibility index (Phi) is 4.74. The van der Waals surface area contributed by atoms with Crippen molar-refractivity contribution in [3.63, 3.8) is 0 Å².